The van der Waals surface area contributed by atoms with E-state index in [2.05, 4.69) is 0 Å². The number of aliphatic carboxylic acids is 1. The molecular weight excluding hydrogens is 303 g/mol. The van der Waals surface area contributed by atoms with Crippen LogP contribution in [0.3, 0.4) is 0 Å². The number of rotatable bonds is 7. The highest BCUT2D eigenvalue weighted by Crippen LogP contribution is 2.21. The number of halogens is 3. The minimum absolute atomic E-state index is 0.370. The summed E-state index contributed by atoms with van der Waals surface area (Å²) in [4.78, 5) is 22.2. The molecule has 0 aromatic heterocycles. The van der Waals surface area contributed by atoms with E-state index < -0.39 is 37.1 Å². The maximum absolute atomic E-state index is 12.2. The van der Waals surface area contributed by atoms with Crippen LogP contribution in [0.15, 0.2) is 24.3 Å². The third-order valence-corrected chi connectivity index (χ3v) is 2.77. The number of hydrogen-bond donors (Lipinski definition) is 2. The van der Waals surface area contributed by atoms with Gasteiger partial charge in [-0.15, -0.1) is 0 Å². The molecule has 122 valence electrons. The van der Waals surface area contributed by atoms with Gasteiger partial charge in [0.1, 0.15) is 11.8 Å². The second kappa shape index (κ2) is 7.67. The van der Waals surface area contributed by atoms with Crippen LogP contribution < -0.4 is 10.1 Å². The van der Waals surface area contributed by atoms with Gasteiger partial charge in [0.05, 0.1) is 6.42 Å². The Morgan fingerprint density at radius 1 is 1.27 bits per heavy atom. The summed E-state index contributed by atoms with van der Waals surface area (Å²) < 4.78 is 41.7. The smallest absolute Gasteiger partial charge is 0.391 e. The average molecular weight is 319 g/mol. The zero-order valence-corrected chi connectivity index (χ0v) is 11.8. The molecule has 0 aliphatic carbocycles. The first kappa shape index (κ1) is 17.8. The van der Waals surface area contributed by atoms with Crippen LogP contribution in [0.4, 0.5) is 13.2 Å². The van der Waals surface area contributed by atoms with Crippen molar-refractivity contribution in [2.24, 2.45) is 0 Å². The first-order valence-corrected chi connectivity index (χ1v) is 6.52. The predicted octanol–water partition coefficient (Wildman–Crippen LogP) is 2.15. The van der Waals surface area contributed by atoms with Crippen molar-refractivity contribution in [2.45, 2.75) is 32.0 Å². The monoisotopic (exact) mass is 319 g/mol. The van der Waals surface area contributed by atoms with Gasteiger partial charge in [0, 0.05) is 0 Å². The highest BCUT2D eigenvalue weighted by molar-refractivity contribution is 5.84. The molecule has 1 aromatic rings. The highest BCUT2D eigenvalue weighted by Gasteiger charge is 2.36. The number of carboxylic acid groups (broad SMARTS) is 1. The van der Waals surface area contributed by atoms with Crippen LogP contribution >= 0.6 is 0 Å². The largest absolute Gasteiger partial charge is 0.484 e. The molecule has 0 radical (unpaired) electrons. The lowest BCUT2D eigenvalue weighted by molar-refractivity contribution is -0.160. The normalized spacial score (nSPS) is 12.5. The number of alkyl halides is 3. The van der Waals surface area contributed by atoms with Crippen molar-refractivity contribution in [3.05, 3.63) is 29.8 Å². The van der Waals surface area contributed by atoms with Crippen LogP contribution in [-0.4, -0.2) is 35.8 Å². The van der Waals surface area contributed by atoms with Gasteiger partial charge in [0.25, 0.3) is 5.91 Å². The summed E-state index contributed by atoms with van der Waals surface area (Å²) in [5.41, 5.74) is 1.06. The van der Waals surface area contributed by atoms with E-state index >= 15 is 0 Å². The van der Waals surface area contributed by atoms with Crippen molar-refractivity contribution in [3.8, 4) is 5.75 Å². The molecule has 0 saturated carbocycles. The Kier molecular flexibility index (Phi) is 6.21. The van der Waals surface area contributed by atoms with Crippen LogP contribution in [0.25, 0.3) is 0 Å². The molecule has 5 nitrogen and oxygen atoms in total. The minimum Gasteiger partial charge on any atom is -0.484 e. The van der Waals surface area contributed by atoms with Crippen LogP contribution in [-0.2, 0) is 16.0 Å². The van der Waals surface area contributed by atoms with Gasteiger partial charge in [-0.2, -0.15) is 13.2 Å². The van der Waals surface area contributed by atoms with Gasteiger partial charge < -0.3 is 15.2 Å². The number of benzene rings is 1. The molecule has 0 spiro atoms. The topological polar surface area (TPSA) is 75.6 Å². The van der Waals surface area contributed by atoms with E-state index in [0.717, 1.165) is 12.0 Å². The molecule has 1 amide bonds. The standard InChI is InChI=1S/C14H16F3NO4/c1-2-9-3-5-10(6-4-9)22-8-12(19)18-11(13(20)21)7-14(15,16)17/h3-6,11H,2,7-8H2,1H3,(H,18,19)(H,20,21). The molecule has 1 rings (SSSR count). The first-order valence-electron chi connectivity index (χ1n) is 6.52. The average Bonchev–Trinajstić information content (AvgIpc) is 2.43. The molecular formula is C14H16F3NO4. The Labute approximate surface area is 125 Å². The Bertz CT molecular complexity index is 514. The Hall–Kier alpha value is -2.25. The van der Waals surface area contributed by atoms with E-state index in [1.54, 1.807) is 29.6 Å². The summed E-state index contributed by atoms with van der Waals surface area (Å²) in [6, 6.07) is 4.79. The number of carbonyl (C=O) groups is 2. The molecule has 8 heteroatoms. The number of aryl methyl sites for hydroxylation is 1. The Morgan fingerprint density at radius 2 is 1.86 bits per heavy atom. The minimum atomic E-state index is -4.69. The van der Waals surface area contributed by atoms with Gasteiger partial charge in [-0.25, -0.2) is 4.79 Å². The molecule has 0 aliphatic rings. The first-order chi connectivity index (χ1) is 10.2. The van der Waals surface area contributed by atoms with Crippen LogP contribution in [0.5, 0.6) is 5.75 Å². The third-order valence-electron chi connectivity index (χ3n) is 2.77. The molecule has 1 unspecified atom stereocenters. The van der Waals surface area contributed by atoms with E-state index in [0.29, 0.717) is 5.75 Å². The molecule has 22 heavy (non-hydrogen) atoms. The summed E-state index contributed by atoms with van der Waals surface area (Å²) in [6.45, 7) is 1.41. The second-order valence-electron chi connectivity index (χ2n) is 4.56. The molecule has 1 aromatic carbocycles. The number of carbonyl (C=O) groups excluding carboxylic acids is 1. The molecule has 0 bridgehead atoms. The van der Waals surface area contributed by atoms with Gasteiger partial charge in [-0.1, -0.05) is 19.1 Å². The quantitative estimate of drug-likeness (QED) is 0.807. The Balaban J connectivity index is 2.51. The van der Waals surface area contributed by atoms with Crippen molar-refractivity contribution in [3.63, 3.8) is 0 Å². The number of ether oxygens (including phenoxy) is 1. The second-order valence-corrected chi connectivity index (χ2v) is 4.56. The summed E-state index contributed by atoms with van der Waals surface area (Å²) in [6.07, 6.45) is -5.50. The van der Waals surface area contributed by atoms with Crippen molar-refractivity contribution in [1.82, 2.24) is 5.32 Å². The summed E-state index contributed by atoms with van der Waals surface area (Å²) in [7, 11) is 0. The van der Waals surface area contributed by atoms with Gasteiger partial charge in [-0.3, -0.25) is 4.79 Å². The lowest BCUT2D eigenvalue weighted by Crippen LogP contribution is -2.45. The van der Waals surface area contributed by atoms with E-state index in [1.165, 1.54) is 0 Å². The highest BCUT2D eigenvalue weighted by atomic mass is 19.4. The van der Waals surface area contributed by atoms with E-state index in [-0.39, 0.29) is 0 Å². The SMILES string of the molecule is CCc1ccc(OCC(=O)NC(CC(F)(F)F)C(=O)O)cc1. The molecule has 0 heterocycles. The predicted molar refractivity (Wildman–Crippen MR) is 71.6 cm³/mol. The zero-order chi connectivity index (χ0) is 16.8. The lowest BCUT2D eigenvalue weighted by atomic mass is 10.2. The van der Waals surface area contributed by atoms with Gasteiger partial charge in [0.15, 0.2) is 6.61 Å². The molecule has 0 fully saturated rings. The van der Waals surface area contributed by atoms with Gasteiger partial charge >= 0.3 is 12.1 Å². The maximum atomic E-state index is 12.2. The molecule has 0 saturated heterocycles. The van der Waals surface area contributed by atoms with E-state index in [9.17, 15) is 22.8 Å². The summed E-state index contributed by atoms with van der Waals surface area (Å²) in [5.74, 6) is -2.32. The maximum Gasteiger partial charge on any atom is 0.391 e. The fraction of sp³-hybridized carbons (Fsp3) is 0.429. The Morgan fingerprint density at radius 3 is 2.32 bits per heavy atom. The molecule has 1 atom stereocenters. The van der Waals surface area contributed by atoms with Crippen molar-refractivity contribution in [1.29, 1.82) is 0 Å². The van der Waals surface area contributed by atoms with Crippen molar-refractivity contribution >= 4 is 11.9 Å². The fourth-order valence-electron chi connectivity index (χ4n) is 1.64. The third kappa shape index (κ3) is 6.47. The number of carboxylic acids is 1. The molecule has 2 N–H and O–H groups in total. The van der Waals surface area contributed by atoms with E-state index in [4.69, 9.17) is 9.84 Å². The fourth-order valence-corrected chi connectivity index (χ4v) is 1.64. The van der Waals surface area contributed by atoms with Gasteiger partial charge in [-0.05, 0) is 24.1 Å². The number of hydrogen-bond acceptors (Lipinski definition) is 3. The van der Waals surface area contributed by atoms with Crippen LogP contribution in [0.1, 0.15) is 18.9 Å². The van der Waals surface area contributed by atoms with E-state index in [1.807, 2.05) is 6.92 Å². The summed E-state index contributed by atoms with van der Waals surface area (Å²) >= 11 is 0. The lowest BCUT2D eigenvalue weighted by Gasteiger charge is -2.16. The van der Waals surface area contributed by atoms with Crippen molar-refractivity contribution < 1.29 is 32.6 Å². The number of nitrogens with one attached hydrogen (secondary N) is 1. The van der Waals surface area contributed by atoms with Crippen molar-refractivity contribution in [2.75, 3.05) is 6.61 Å². The number of amides is 1. The van der Waals surface area contributed by atoms with Crippen LogP contribution in [0.2, 0.25) is 0 Å². The zero-order valence-electron chi connectivity index (χ0n) is 11.8. The summed E-state index contributed by atoms with van der Waals surface area (Å²) in [5, 5.41) is 10.5. The van der Waals surface area contributed by atoms with Crippen LogP contribution in [0, 0.1) is 0 Å². The van der Waals surface area contributed by atoms with Gasteiger partial charge in [0.2, 0.25) is 0 Å². The molecule has 0 aliphatic heterocycles.